The number of benzene rings is 1. The molecule has 1 aromatic heterocycles. The molecule has 1 heterocycles. The molecule has 0 aliphatic carbocycles. The van der Waals surface area contributed by atoms with Crippen LogP contribution in [-0.4, -0.2) is 7.05 Å². The van der Waals surface area contributed by atoms with E-state index >= 15 is 0 Å². The molecule has 1 atom stereocenters. The van der Waals surface area contributed by atoms with Gasteiger partial charge in [-0.3, -0.25) is 0 Å². The zero-order chi connectivity index (χ0) is 13.3. The van der Waals surface area contributed by atoms with Gasteiger partial charge >= 0.3 is 0 Å². The Bertz CT molecular complexity index is 570. The molecule has 1 aromatic carbocycles. The predicted octanol–water partition coefficient (Wildman–Crippen LogP) is 5.16. The van der Waals surface area contributed by atoms with Gasteiger partial charge in [-0.2, -0.15) is 0 Å². The quantitative estimate of drug-likeness (QED) is 0.822. The zero-order valence-corrected chi connectivity index (χ0v) is 12.4. The van der Waals surface area contributed by atoms with Crippen molar-refractivity contribution in [3.8, 4) is 0 Å². The normalized spacial score (nSPS) is 12.7. The summed E-state index contributed by atoms with van der Waals surface area (Å²) in [5.74, 6) is -0.440. The first-order chi connectivity index (χ1) is 8.52. The molecule has 2 aromatic rings. The van der Waals surface area contributed by atoms with Gasteiger partial charge in [-0.15, -0.1) is 11.3 Å². The number of rotatable bonds is 3. The SMILES string of the molecule is CNC(c1ccc(F)c(Cl)c1)c1cc(Cl)sc1Cl. The Morgan fingerprint density at radius 1 is 1.22 bits per heavy atom. The molecule has 0 fully saturated rings. The van der Waals surface area contributed by atoms with E-state index in [1.54, 1.807) is 25.2 Å². The maximum absolute atomic E-state index is 13.2. The minimum absolute atomic E-state index is 0.0881. The van der Waals surface area contributed by atoms with E-state index < -0.39 is 5.82 Å². The van der Waals surface area contributed by atoms with Gasteiger partial charge < -0.3 is 5.32 Å². The molecule has 6 heteroatoms. The highest BCUT2D eigenvalue weighted by Crippen LogP contribution is 2.37. The van der Waals surface area contributed by atoms with Crippen LogP contribution in [0.1, 0.15) is 17.2 Å². The number of nitrogens with one attached hydrogen (secondary N) is 1. The Kier molecular flexibility index (Phi) is 4.51. The maximum atomic E-state index is 13.2. The summed E-state index contributed by atoms with van der Waals surface area (Å²) in [5.41, 5.74) is 1.69. The standard InChI is InChI=1S/C12H9Cl3FNS/c1-17-11(7-5-10(14)18-12(7)15)6-2-3-9(16)8(13)4-6/h2-5,11,17H,1H3. The Morgan fingerprint density at radius 3 is 2.44 bits per heavy atom. The Labute approximate surface area is 123 Å². The van der Waals surface area contributed by atoms with Crippen molar-refractivity contribution in [1.29, 1.82) is 0 Å². The van der Waals surface area contributed by atoms with Gasteiger partial charge in [0.25, 0.3) is 0 Å². The van der Waals surface area contributed by atoms with Gasteiger partial charge in [0.1, 0.15) is 5.82 Å². The maximum Gasteiger partial charge on any atom is 0.141 e. The molecule has 96 valence electrons. The molecule has 0 radical (unpaired) electrons. The summed E-state index contributed by atoms with van der Waals surface area (Å²) >= 11 is 19.1. The molecule has 2 rings (SSSR count). The first-order valence-electron chi connectivity index (χ1n) is 5.10. The molecule has 1 N–H and O–H groups in total. The predicted molar refractivity (Wildman–Crippen MR) is 76.7 cm³/mol. The van der Waals surface area contributed by atoms with Crippen LogP contribution in [0.25, 0.3) is 0 Å². The van der Waals surface area contributed by atoms with E-state index in [1.165, 1.54) is 17.4 Å². The van der Waals surface area contributed by atoms with Gasteiger partial charge in [0, 0.05) is 5.56 Å². The van der Waals surface area contributed by atoms with E-state index in [1.807, 2.05) is 0 Å². The largest absolute Gasteiger partial charge is 0.309 e. The van der Waals surface area contributed by atoms with E-state index in [0.717, 1.165) is 11.1 Å². The van der Waals surface area contributed by atoms with Crippen molar-refractivity contribution < 1.29 is 4.39 Å². The molecule has 0 amide bonds. The average Bonchev–Trinajstić information content (AvgIpc) is 2.64. The lowest BCUT2D eigenvalue weighted by atomic mass is 10.0. The van der Waals surface area contributed by atoms with E-state index in [0.29, 0.717) is 8.67 Å². The van der Waals surface area contributed by atoms with Crippen molar-refractivity contribution in [2.24, 2.45) is 0 Å². The summed E-state index contributed by atoms with van der Waals surface area (Å²) in [4.78, 5) is 0. The summed E-state index contributed by atoms with van der Waals surface area (Å²) < 4.78 is 14.4. The van der Waals surface area contributed by atoms with Crippen LogP contribution in [0.5, 0.6) is 0 Å². The van der Waals surface area contributed by atoms with E-state index in [-0.39, 0.29) is 11.1 Å². The van der Waals surface area contributed by atoms with Gasteiger partial charge in [0.2, 0.25) is 0 Å². The average molecular weight is 325 g/mol. The van der Waals surface area contributed by atoms with E-state index in [2.05, 4.69) is 5.32 Å². The Balaban J connectivity index is 2.45. The molecule has 0 aliphatic heterocycles. The fraction of sp³-hybridized carbons (Fsp3) is 0.167. The van der Waals surface area contributed by atoms with Crippen LogP contribution < -0.4 is 5.32 Å². The van der Waals surface area contributed by atoms with Gasteiger partial charge in [-0.25, -0.2) is 4.39 Å². The molecule has 0 saturated carbocycles. The second-order valence-electron chi connectivity index (χ2n) is 3.67. The topological polar surface area (TPSA) is 12.0 Å². The highest BCUT2D eigenvalue weighted by molar-refractivity contribution is 7.20. The number of halogens is 4. The summed E-state index contributed by atoms with van der Waals surface area (Å²) in [7, 11) is 1.80. The van der Waals surface area contributed by atoms with Crippen molar-refractivity contribution in [2.45, 2.75) is 6.04 Å². The third kappa shape index (κ3) is 2.81. The van der Waals surface area contributed by atoms with Crippen LogP contribution in [0, 0.1) is 5.82 Å². The highest BCUT2D eigenvalue weighted by atomic mass is 35.5. The van der Waals surface area contributed by atoms with Crippen molar-refractivity contribution in [3.05, 3.63) is 54.9 Å². The Morgan fingerprint density at radius 2 is 1.94 bits per heavy atom. The fourth-order valence-electron chi connectivity index (χ4n) is 1.74. The molecule has 0 spiro atoms. The third-order valence-electron chi connectivity index (χ3n) is 2.56. The van der Waals surface area contributed by atoms with Gasteiger partial charge in [0.15, 0.2) is 0 Å². The van der Waals surface area contributed by atoms with Crippen LogP contribution in [0.4, 0.5) is 4.39 Å². The first kappa shape index (κ1) is 14.1. The van der Waals surface area contributed by atoms with E-state index in [4.69, 9.17) is 34.8 Å². The number of thiophene rings is 1. The molecule has 1 nitrogen and oxygen atoms in total. The molecule has 0 aliphatic rings. The van der Waals surface area contributed by atoms with Crippen LogP contribution in [0.3, 0.4) is 0 Å². The Hall–Kier alpha value is -0.320. The van der Waals surface area contributed by atoms with Crippen molar-refractivity contribution in [2.75, 3.05) is 7.05 Å². The van der Waals surface area contributed by atoms with Crippen LogP contribution in [0.15, 0.2) is 24.3 Å². The monoisotopic (exact) mass is 323 g/mol. The second kappa shape index (κ2) is 5.76. The van der Waals surface area contributed by atoms with Gasteiger partial charge in [-0.1, -0.05) is 40.9 Å². The van der Waals surface area contributed by atoms with Gasteiger partial charge in [0.05, 0.1) is 19.7 Å². The molecular formula is C12H9Cl3FNS. The van der Waals surface area contributed by atoms with Crippen LogP contribution >= 0.6 is 46.1 Å². The second-order valence-corrected chi connectivity index (χ2v) is 6.37. The fourth-order valence-corrected chi connectivity index (χ4v) is 3.46. The summed E-state index contributed by atoms with van der Waals surface area (Å²) in [6.45, 7) is 0. The van der Waals surface area contributed by atoms with Crippen molar-refractivity contribution in [3.63, 3.8) is 0 Å². The lowest BCUT2D eigenvalue weighted by molar-refractivity contribution is 0.624. The number of hydrogen-bond donors (Lipinski definition) is 1. The van der Waals surface area contributed by atoms with Crippen molar-refractivity contribution in [1.82, 2.24) is 5.32 Å². The smallest absolute Gasteiger partial charge is 0.141 e. The minimum Gasteiger partial charge on any atom is -0.309 e. The lowest BCUT2D eigenvalue weighted by Gasteiger charge is -2.16. The molecular weight excluding hydrogens is 316 g/mol. The van der Waals surface area contributed by atoms with Gasteiger partial charge in [-0.05, 0) is 30.8 Å². The summed E-state index contributed by atoms with van der Waals surface area (Å²) in [5, 5.41) is 3.21. The first-order valence-corrected chi connectivity index (χ1v) is 7.05. The summed E-state index contributed by atoms with van der Waals surface area (Å²) in [6.07, 6.45) is 0. The minimum atomic E-state index is -0.440. The highest BCUT2D eigenvalue weighted by Gasteiger charge is 2.18. The molecule has 0 saturated heterocycles. The lowest BCUT2D eigenvalue weighted by Crippen LogP contribution is -2.17. The molecule has 0 bridgehead atoms. The summed E-state index contributed by atoms with van der Waals surface area (Å²) in [6, 6.07) is 6.22. The van der Waals surface area contributed by atoms with E-state index in [9.17, 15) is 4.39 Å². The zero-order valence-electron chi connectivity index (χ0n) is 9.31. The third-order valence-corrected chi connectivity index (χ3v) is 4.37. The molecule has 1 unspecified atom stereocenters. The van der Waals surface area contributed by atoms with Crippen LogP contribution in [-0.2, 0) is 0 Å². The van der Waals surface area contributed by atoms with Crippen molar-refractivity contribution >= 4 is 46.1 Å². The number of hydrogen-bond acceptors (Lipinski definition) is 2. The molecule has 18 heavy (non-hydrogen) atoms. The van der Waals surface area contributed by atoms with Crippen LogP contribution in [0.2, 0.25) is 13.7 Å².